The first-order valence-electron chi connectivity index (χ1n) is 6.32. The molecule has 1 aromatic carbocycles. The fraction of sp³-hybridized carbons (Fsp3) is 0.500. The molecule has 2 unspecified atom stereocenters. The Labute approximate surface area is 101 Å². The standard InChI is InChI=1S/C14H17NO2/c1-9(16)10-6-7-14-12(8-10)15-11-4-2-3-5-13(11)17-14/h6-8,11,13,15H,2-5H2,1H3. The zero-order valence-electron chi connectivity index (χ0n) is 10.0. The van der Waals surface area contributed by atoms with Crippen molar-refractivity contribution in [3.05, 3.63) is 23.8 Å². The van der Waals surface area contributed by atoms with Crippen LogP contribution in [0.1, 0.15) is 43.0 Å². The van der Waals surface area contributed by atoms with Gasteiger partial charge in [0.05, 0.1) is 11.7 Å². The zero-order chi connectivity index (χ0) is 11.8. The van der Waals surface area contributed by atoms with E-state index in [1.807, 2.05) is 18.2 Å². The first-order valence-corrected chi connectivity index (χ1v) is 6.32. The number of hydrogen-bond donors (Lipinski definition) is 1. The smallest absolute Gasteiger partial charge is 0.159 e. The number of hydrogen-bond acceptors (Lipinski definition) is 3. The number of rotatable bonds is 1. The second kappa shape index (κ2) is 4.06. The molecule has 1 N–H and O–H groups in total. The predicted molar refractivity (Wildman–Crippen MR) is 66.7 cm³/mol. The molecule has 2 atom stereocenters. The van der Waals surface area contributed by atoms with Crippen LogP contribution in [0.2, 0.25) is 0 Å². The van der Waals surface area contributed by atoms with E-state index in [1.165, 1.54) is 12.8 Å². The van der Waals surface area contributed by atoms with Gasteiger partial charge in [-0.25, -0.2) is 0 Å². The molecule has 1 aromatic rings. The van der Waals surface area contributed by atoms with E-state index in [9.17, 15) is 4.79 Å². The van der Waals surface area contributed by atoms with Gasteiger partial charge in [-0.05, 0) is 44.4 Å². The highest BCUT2D eigenvalue weighted by molar-refractivity contribution is 5.95. The molecule has 90 valence electrons. The summed E-state index contributed by atoms with van der Waals surface area (Å²) in [4.78, 5) is 11.3. The minimum absolute atomic E-state index is 0.0976. The quantitative estimate of drug-likeness (QED) is 0.755. The van der Waals surface area contributed by atoms with Gasteiger partial charge in [-0.2, -0.15) is 0 Å². The lowest BCUT2D eigenvalue weighted by Gasteiger charge is -2.38. The molecule has 0 bridgehead atoms. The molecular weight excluding hydrogens is 214 g/mol. The van der Waals surface area contributed by atoms with Crippen LogP contribution in [-0.2, 0) is 0 Å². The average molecular weight is 231 g/mol. The van der Waals surface area contributed by atoms with Gasteiger partial charge in [-0.3, -0.25) is 4.79 Å². The molecule has 0 radical (unpaired) electrons. The Kier molecular flexibility index (Phi) is 2.54. The summed E-state index contributed by atoms with van der Waals surface area (Å²) in [7, 11) is 0. The van der Waals surface area contributed by atoms with Crippen molar-refractivity contribution in [3.8, 4) is 5.75 Å². The average Bonchev–Trinajstić information content (AvgIpc) is 2.35. The van der Waals surface area contributed by atoms with Crippen molar-refractivity contribution >= 4 is 11.5 Å². The third-order valence-corrected chi connectivity index (χ3v) is 3.71. The topological polar surface area (TPSA) is 38.3 Å². The Hall–Kier alpha value is -1.51. The van der Waals surface area contributed by atoms with E-state index >= 15 is 0 Å². The Morgan fingerprint density at radius 3 is 3.00 bits per heavy atom. The first-order chi connectivity index (χ1) is 8.24. The van der Waals surface area contributed by atoms with Crippen molar-refractivity contribution in [1.29, 1.82) is 0 Å². The summed E-state index contributed by atoms with van der Waals surface area (Å²) in [6.07, 6.45) is 5.11. The van der Waals surface area contributed by atoms with E-state index in [2.05, 4.69) is 5.32 Å². The van der Waals surface area contributed by atoms with Crippen LogP contribution in [-0.4, -0.2) is 17.9 Å². The Morgan fingerprint density at radius 2 is 2.18 bits per heavy atom. The van der Waals surface area contributed by atoms with Crippen molar-refractivity contribution in [2.75, 3.05) is 5.32 Å². The normalized spacial score (nSPS) is 26.2. The Balaban J connectivity index is 1.91. The van der Waals surface area contributed by atoms with Gasteiger partial charge < -0.3 is 10.1 Å². The van der Waals surface area contributed by atoms with E-state index in [1.54, 1.807) is 6.92 Å². The van der Waals surface area contributed by atoms with Crippen LogP contribution in [0.3, 0.4) is 0 Å². The van der Waals surface area contributed by atoms with E-state index in [4.69, 9.17) is 4.74 Å². The maximum Gasteiger partial charge on any atom is 0.159 e. The highest BCUT2D eigenvalue weighted by Crippen LogP contribution is 2.36. The van der Waals surface area contributed by atoms with Gasteiger partial charge in [0.25, 0.3) is 0 Å². The second-order valence-corrected chi connectivity index (χ2v) is 4.96. The number of carbonyl (C=O) groups is 1. The third-order valence-electron chi connectivity index (χ3n) is 3.71. The minimum atomic E-state index is 0.0976. The van der Waals surface area contributed by atoms with Crippen LogP contribution in [0, 0.1) is 0 Å². The van der Waals surface area contributed by atoms with Gasteiger partial charge in [0, 0.05) is 5.56 Å². The summed E-state index contributed by atoms with van der Waals surface area (Å²) in [5, 5.41) is 3.52. The number of ketones is 1. The highest BCUT2D eigenvalue weighted by Gasteiger charge is 2.31. The zero-order valence-corrected chi connectivity index (χ0v) is 10.0. The van der Waals surface area contributed by atoms with Gasteiger partial charge in [0.2, 0.25) is 0 Å². The lowest BCUT2D eigenvalue weighted by Crippen LogP contribution is -2.43. The monoisotopic (exact) mass is 231 g/mol. The predicted octanol–water partition coefficient (Wildman–Crippen LogP) is 3.00. The molecule has 0 amide bonds. The van der Waals surface area contributed by atoms with E-state index in [-0.39, 0.29) is 5.78 Å². The summed E-state index contributed by atoms with van der Waals surface area (Å²) in [5.41, 5.74) is 1.72. The van der Waals surface area contributed by atoms with Crippen LogP contribution in [0.4, 0.5) is 5.69 Å². The largest absolute Gasteiger partial charge is 0.486 e. The van der Waals surface area contributed by atoms with Gasteiger partial charge >= 0.3 is 0 Å². The molecule has 2 aliphatic rings. The van der Waals surface area contributed by atoms with Crippen molar-refractivity contribution in [2.24, 2.45) is 0 Å². The van der Waals surface area contributed by atoms with E-state index in [0.29, 0.717) is 12.1 Å². The van der Waals surface area contributed by atoms with Crippen LogP contribution < -0.4 is 10.1 Å². The molecule has 0 aromatic heterocycles. The molecule has 0 spiro atoms. The van der Waals surface area contributed by atoms with Gasteiger partial charge in [0.15, 0.2) is 5.78 Å². The Morgan fingerprint density at radius 1 is 1.35 bits per heavy atom. The molecule has 17 heavy (non-hydrogen) atoms. The first kappa shape index (κ1) is 10.6. The maximum absolute atomic E-state index is 11.3. The van der Waals surface area contributed by atoms with Crippen LogP contribution in [0.15, 0.2) is 18.2 Å². The molecular formula is C14H17NO2. The summed E-state index contributed by atoms with van der Waals surface area (Å²) in [6.45, 7) is 1.59. The number of anilines is 1. The summed E-state index contributed by atoms with van der Waals surface area (Å²) < 4.78 is 6.00. The second-order valence-electron chi connectivity index (χ2n) is 4.96. The molecule has 1 aliphatic carbocycles. The fourth-order valence-electron chi connectivity index (χ4n) is 2.73. The number of ether oxygens (including phenoxy) is 1. The SMILES string of the molecule is CC(=O)c1ccc2c(c1)NC1CCCCC1O2. The molecule has 0 saturated heterocycles. The van der Waals surface area contributed by atoms with Crippen molar-refractivity contribution < 1.29 is 9.53 Å². The molecule has 1 aliphatic heterocycles. The highest BCUT2D eigenvalue weighted by atomic mass is 16.5. The minimum Gasteiger partial charge on any atom is -0.486 e. The van der Waals surface area contributed by atoms with Crippen LogP contribution in [0.5, 0.6) is 5.75 Å². The summed E-state index contributed by atoms with van der Waals surface area (Å²) in [5.74, 6) is 0.985. The van der Waals surface area contributed by atoms with E-state index < -0.39 is 0 Å². The van der Waals surface area contributed by atoms with Crippen molar-refractivity contribution in [2.45, 2.75) is 44.8 Å². The maximum atomic E-state index is 11.3. The molecule has 1 fully saturated rings. The number of benzene rings is 1. The number of nitrogens with one attached hydrogen (secondary N) is 1. The van der Waals surface area contributed by atoms with Crippen molar-refractivity contribution in [1.82, 2.24) is 0 Å². The molecule has 1 heterocycles. The van der Waals surface area contributed by atoms with Crippen LogP contribution in [0.25, 0.3) is 0 Å². The number of fused-ring (bicyclic) bond motifs is 2. The molecule has 3 nitrogen and oxygen atoms in total. The lowest BCUT2D eigenvalue weighted by molar-refractivity contribution is 0.101. The number of carbonyl (C=O) groups excluding carboxylic acids is 1. The Bertz CT molecular complexity index is 456. The third kappa shape index (κ3) is 1.90. The summed E-state index contributed by atoms with van der Waals surface area (Å²) >= 11 is 0. The molecule has 3 rings (SSSR count). The van der Waals surface area contributed by atoms with Crippen LogP contribution >= 0.6 is 0 Å². The fourth-order valence-corrected chi connectivity index (χ4v) is 2.73. The number of Topliss-reactive ketones (excluding diaryl/α,β-unsaturated/α-hetero) is 1. The lowest BCUT2D eigenvalue weighted by atomic mass is 9.91. The molecule has 1 saturated carbocycles. The summed E-state index contributed by atoms with van der Waals surface area (Å²) in [6, 6.07) is 6.07. The molecule has 3 heteroatoms. The van der Waals surface area contributed by atoms with Gasteiger partial charge in [0.1, 0.15) is 11.9 Å². The van der Waals surface area contributed by atoms with Gasteiger partial charge in [-0.15, -0.1) is 0 Å². The van der Waals surface area contributed by atoms with E-state index in [0.717, 1.165) is 29.8 Å². The van der Waals surface area contributed by atoms with Gasteiger partial charge in [-0.1, -0.05) is 6.42 Å². The van der Waals surface area contributed by atoms with Crippen molar-refractivity contribution in [3.63, 3.8) is 0 Å².